The number of hydrogen-bond donors (Lipinski definition) is 4. The van der Waals surface area contributed by atoms with Crippen molar-refractivity contribution in [1.29, 1.82) is 0 Å². The number of nitrogens with zero attached hydrogens (tertiary/aromatic N) is 6. The average molecular weight is 746 g/mol. The van der Waals surface area contributed by atoms with Gasteiger partial charge in [-0.2, -0.15) is 0 Å². The van der Waals surface area contributed by atoms with Crippen LogP contribution in [-0.2, 0) is 52.1 Å². The van der Waals surface area contributed by atoms with E-state index in [1.165, 1.54) is 5.06 Å². The van der Waals surface area contributed by atoms with Crippen LogP contribution in [0, 0.1) is 0 Å². The van der Waals surface area contributed by atoms with Gasteiger partial charge in [-0.25, -0.2) is 4.68 Å². The van der Waals surface area contributed by atoms with Crippen LogP contribution in [0.4, 0.5) is 0 Å². The topological polar surface area (TPSA) is 167 Å². The zero-order chi connectivity index (χ0) is 38.2. The first-order valence-corrected chi connectivity index (χ1v) is 19.5. The van der Waals surface area contributed by atoms with Crippen molar-refractivity contribution in [2.45, 2.75) is 121 Å². The highest BCUT2D eigenvalue weighted by molar-refractivity contribution is 5.96. The first-order valence-electron chi connectivity index (χ1n) is 19.5. The second-order valence-corrected chi connectivity index (χ2v) is 17.2. The Balaban J connectivity index is 0.928. The molecule has 5 aromatic rings. The van der Waals surface area contributed by atoms with Crippen LogP contribution in [0.3, 0.4) is 0 Å². The molecule has 7 heterocycles. The van der Waals surface area contributed by atoms with Gasteiger partial charge >= 0.3 is 0 Å². The summed E-state index contributed by atoms with van der Waals surface area (Å²) in [7, 11) is 0. The molecule has 2 fully saturated rings. The molecule has 4 N–H and O–H groups in total. The fourth-order valence-corrected chi connectivity index (χ4v) is 9.94. The number of amides is 3. The molecular formula is C41H49N10O4. The van der Waals surface area contributed by atoms with Crippen LogP contribution in [0.25, 0.3) is 21.8 Å². The third-order valence-corrected chi connectivity index (χ3v) is 12.5. The number of aromatic nitrogens is 5. The van der Waals surface area contributed by atoms with E-state index in [0.29, 0.717) is 57.3 Å². The minimum Gasteiger partial charge on any atom is -0.357 e. The monoisotopic (exact) mass is 745 g/mol. The average Bonchev–Trinajstić information content (AvgIpc) is 3.99. The van der Waals surface area contributed by atoms with E-state index in [0.717, 1.165) is 44.3 Å². The van der Waals surface area contributed by atoms with Gasteiger partial charge in [-0.15, -0.1) is 15.4 Å². The second-order valence-electron chi connectivity index (χ2n) is 17.2. The number of piperidine rings is 1. The Morgan fingerprint density at radius 2 is 1.49 bits per heavy atom. The van der Waals surface area contributed by atoms with Crippen molar-refractivity contribution in [2.75, 3.05) is 6.54 Å². The summed E-state index contributed by atoms with van der Waals surface area (Å²) in [5.74, 6) is -0.564. The summed E-state index contributed by atoms with van der Waals surface area (Å²) < 4.78 is 1.82. The highest BCUT2D eigenvalue weighted by atomic mass is 16.5. The number of carbonyl (C=O) groups is 3. The number of hydroxylamine groups is 2. The number of carbonyl (C=O) groups excluding carboxylic acids is 3. The summed E-state index contributed by atoms with van der Waals surface area (Å²) in [6.07, 6.45) is 5.22. The minimum atomic E-state index is -0.757. The first kappa shape index (κ1) is 35.6. The molecule has 2 aromatic carbocycles. The Hall–Kier alpha value is -5.05. The first-order chi connectivity index (χ1) is 26.4. The fourth-order valence-electron chi connectivity index (χ4n) is 9.94. The number of likely N-dealkylation sites (tertiary alicyclic amines) is 1. The standard InChI is InChI=1S/C41H49N10O4/c1-40(2)18-25(19-41(3,4)51(40)55)50-22-24(46-47-50)20-43-37(52)35-14-9-15-48(35)39(54)36-17-29-27-11-6-8-13-31(27)45-34(29)23-49(36)38(53)32-16-28-26-10-5-7-12-30(26)44-33(28)21-42-32/h5-8,10-13,22,25,32,35-36,42,44-45H,9,14-21,23H2,1-4H3,(H,43,52)/t32-,35+,36-/m0/s1. The van der Waals surface area contributed by atoms with Crippen LogP contribution in [-0.4, -0.2) is 93.3 Å². The van der Waals surface area contributed by atoms with E-state index < -0.39 is 29.2 Å². The molecule has 4 aliphatic rings. The van der Waals surface area contributed by atoms with Gasteiger partial charge in [0.25, 0.3) is 0 Å². The van der Waals surface area contributed by atoms with Crippen LogP contribution in [0.15, 0.2) is 54.7 Å². The van der Waals surface area contributed by atoms with Gasteiger partial charge in [-0.05, 0) is 83.1 Å². The molecule has 1 radical (unpaired) electrons. The Morgan fingerprint density at radius 3 is 2.20 bits per heavy atom. The molecule has 287 valence electrons. The predicted octanol–water partition coefficient (Wildman–Crippen LogP) is 4.06. The summed E-state index contributed by atoms with van der Waals surface area (Å²) in [6.45, 7) is 9.23. The zero-order valence-corrected chi connectivity index (χ0v) is 31.9. The van der Waals surface area contributed by atoms with Crippen LogP contribution in [0.1, 0.15) is 87.6 Å². The Labute approximate surface area is 319 Å². The molecule has 2 saturated heterocycles. The highest BCUT2D eigenvalue weighted by Gasteiger charge is 2.48. The number of H-pyrrole nitrogens is 2. The Kier molecular flexibility index (Phi) is 8.63. The maximum atomic E-state index is 14.8. The molecule has 3 aromatic heterocycles. The predicted molar refractivity (Wildman–Crippen MR) is 205 cm³/mol. The summed E-state index contributed by atoms with van der Waals surface area (Å²) in [6, 6.07) is 14.3. The summed E-state index contributed by atoms with van der Waals surface area (Å²) in [5, 5.41) is 31.5. The maximum Gasteiger partial charge on any atom is 0.246 e. The van der Waals surface area contributed by atoms with Crippen molar-refractivity contribution in [3.8, 4) is 0 Å². The molecule has 55 heavy (non-hydrogen) atoms. The second kappa shape index (κ2) is 13.3. The molecule has 14 heteroatoms. The van der Waals surface area contributed by atoms with Crippen molar-refractivity contribution in [3.05, 3.63) is 82.9 Å². The van der Waals surface area contributed by atoms with Crippen molar-refractivity contribution in [2.24, 2.45) is 0 Å². The summed E-state index contributed by atoms with van der Waals surface area (Å²) in [4.78, 5) is 53.6. The zero-order valence-electron chi connectivity index (χ0n) is 31.9. The van der Waals surface area contributed by atoms with Crippen molar-refractivity contribution >= 4 is 39.5 Å². The van der Waals surface area contributed by atoms with Gasteiger partial charge < -0.3 is 25.1 Å². The third-order valence-electron chi connectivity index (χ3n) is 12.5. The lowest BCUT2D eigenvalue weighted by Gasteiger charge is -2.49. The largest absolute Gasteiger partial charge is 0.357 e. The molecule has 4 aliphatic heterocycles. The molecule has 3 amide bonds. The van der Waals surface area contributed by atoms with E-state index in [1.807, 2.05) is 68.9 Å². The number of benzene rings is 2. The normalized spacial score (nSPS) is 23.9. The lowest BCUT2D eigenvalue weighted by molar-refractivity contribution is -0.293. The molecule has 0 unspecified atom stereocenters. The number of aromatic amines is 2. The highest BCUT2D eigenvalue weighted by Crippen LogP contribution is 2.42. The van der Waals surface area contributed by atoms with Crippen molar-refractivity contribution in [1.82, 2.24) is 50.5 Å². The van der Waals surface area contributed by atoms with Crippen LogP contribution >= 0.6 is 0 Å². The van der Waals surface area contributed by atoms with Crippen LogP contribution < -0.4 is 10.6 Å². The van der Waals surface area contributed by atoms with Gasteiger partial charge in [0.1, 0.15) is 17.8 Å². The fraction of sp³-hybridized carbons (Fsp3) is 0.488. The molecule has 9 rings (SSSR count). The lowest BCUT2D eigenvalue weighted by atomic mass is 9.79. The van der Waals surface area contributed by atoms with E-state index in [-0.39, 0.29) is 36.9 Å². The molecule has 0 spiro atoms. The van der Waals surface area contributed by atoms with Crippen molar-refractivity contribution < 1.29 is 19.6 Å². The molecule has 3 atom stereocenters. The number of nitrogens with one attached hydrogen (secondary N) is 4. The number of fused-ring (bicyclic) bond motifs is 6. The summed E-state index contributed by atoms with van der Waals surface area (Å²) >= 11 is 0. The van der Waals surface area contributed by atoms with E-state index in [4.69, 9.17) is 0 Å². The third kappa shape index (κ3) is 6.20. The van der Waals surface area contributed by atoms with Gasteiger partial charge in [0.05, 0.1) is 31.4 Å². The Morgan fingerprint density at radius 1 is 0.836 bits per heavy atom. The number of hydrogen-bond acceptors (Lipinski definition) is 7. The molecular weight excluding hydrogens is 697 g/mol. The summed E-state index contributed by atoms with van der Waals surface area (Å²) in [5.41, 5.74) is 5.75. The molecule has 0 saturated carbocycles. The SMILES string of the molecule is CC1(C)CC(n2cc(CNC(=O)[C@H]3CCCN3C(=O)[C@@H]3Cc4c([nH]c5ccccc45)CN3C(=O)[C@@H]3Cc4c([nH]c5ccccc45)CN3)nn2)CC(C)(C)N1[O]. The maximum absolute atomic E-state index is 14.8. The van der Waals surface area contributed by atoms with E-state index in [1.54, 1.807) is 9.80 Å². The van der Waals surface area contributed by atoms with Gasteiger partial charge in [-0.3, -0.25) is 19.7 Å². The smallest absolute Gasteiger partial charge is 0.246 e. The van der Waals surface area contributed by atoms with E-state index in [9.17, 15) is 19.6 Å². The van der Waals surface area contributed by atoms with Gasteiger partial charge in [0.2, 0.25) is 17.7 Å². The minimum absolute atomic E-state index is 0.00198. The Bertz CT molecular complexity index is 2290. The van der Waals surface area contributed by atoms with Gasteiger partial charge in [0, 0.05) is 63.8 Å². The molecule has 14 nitrogen and oxygen atoms in total. The quantitative estimate of drug-likeness (QED) is 0.204. The van der Waals surface area contributed by atoms with E-state index in [2.05, 4.69) is 49.1 Å². The molecule has 0 bridgehead atoms. The van der Waals surface area contributed by atoms with Crippen LogP contribution in [0.2, 0.25) is 0 Å². The van der Waals surface area contributed by atoms with Gasteiger partial charge in [-0.1, -0.05) is 41.6 Å². The lowest BCUT2D eigenvalue weighted by Crippen LogP contribution is -2.60. The van der Waals surface area contributed by atoms with Crippen LogP contribution in [0.5, 0.6) is 0 Å². The van der Waals surface area contributed by atoms with Gasteiger partial charge in [0.15, 0.2) is 0 Å². The number of rotatable bonds is 6. The number of para-hydroxylation sites is 2. The molecule has 0 aliphatic carbocycles. The van der Waals surface area contributed by atoms with Crippen molar-refractivity contribution in [3.63, 3.8) is 0 Å². The van der Waals surface area contributed by atoms with E-state index >= 15 is 0 Å².